The Bertz CT molecular complexity index is 1290. The SMILES string of the molecule is CC[C@@H]1C(=O)N(C)c2cnc(Nc3ccc(C(=O)N(C)C4CC(CC5CNC5)C4)cc3OC)nc2N1C1CCCC1. The summed E-state index contributed by atoms with van der Waals surface area (Å²) in [5, 5.41) is 6.66. The minimum absolute atomic E-state index is 0.0131. The predicted octanol–water partition coefficient (Wildman–Crippen LogP) is 4.19. The number of anilines is 4. The summed E-state index contributed by atoms with van der Waals surface area (Å²) in [5.74, 6) is 3.43. The third-order valence-corrected chi connectivity index (χ3v) is 9.72. The van der Waals surface area contributed by atoms with Gasteiger partial charge in [-0.1, -0.05) is 19.8 Å². The number of aromatic nitrogens is 2. The van der Waals surface area contributed by atoms with Crippen molar-refractivity contribution in [1.29, 1.82) is 0 Å². The Balaban J connectivity index is 1.18. The first-order valence-corrected chi connectivity index (χ1v) is 15.2. The lowest BCUT2D eigenvalue weighted by Crippen LogP contribution is -2.55. The smallest absolute Gasteiger partial charge is 0.253 e. The summed E-state index contributed by atoms with van der Waals surface area (Å²) >= 11 is 0. The summed E-state index contributed by atoms with van der Waals surface area (Å²) in [4.78, 5) is 41.8. The third kappa shape index (κ3) is 5.22. The number of rotatable bonds is 9. The van der Waals surface area contributed by atoms with E-state index in [0.29, 0.717) is 35.0 Å². The largest absolute Gasteiger partial charge is 0.495 e. The fraction of sp³-hybridized carbons (Fsp3) is 0.613. The number of methoxy groups -OCH3 is 1. The van der Waals surface area contributed by atoms with Gasteiger partial charge in [-0.15, -0.1) is 0 Å². The monoisotopic (exact) mass is 561 g/mol. The highest BCUT2D eigenvalue weighted by molar-refractivity contribution is 6.04. The lowest BCUT2D eigenvalue weighted by molar-refractivity contribution is -0.120. The number of nitrogens with one attached hydrogen (secondary N) is 2. The Hall–Kier alpha value is -3.40. The summed E-state index contributed by atoms with van der Waals surface area (Å²) in [6.07, 6.45) is 10.4. The number of likely N-dealkylation sites (N-methyl/N-ethyl adjacent to an activating group) is 1. The molecule has 41 heavy (non-hydrogen) atoms. The molecule has 2 amide bonds. The van der Waals surface area contributed by atoms with Crippen LogP contribution in [0, 0.1) is 11.8 Å². The summed E-state index contributed by atoms with van der Waals surface area (Å²) in [7, 11) is 5.32. The second-order valence-electron chi connectivity index (χ2n) is 12.3. The van der Waals surface area contributed by atoms with Gasteiger partial charge in [-0.3, -0.25) is 9.59 Å². The molecule has 10 heteroatoms. The first-order chi connectivity index (χ1) is 19.9. The van der Waals surface area contributed by atoms with Gasteiger partial charge in [-0.2, -0.15) is 4.98 Å². The standard InChI is InChI=1S/C31H43N7O3/c1-5-25-30(40)37(3)26-18-33-31(35-28(26)38(25)22-8-6-7-9-22)34-24-11-10-21(15-27(24)41-4)29(39)36(2)23-13-19(14-23)12-20-16-32-17-20/h10-11,15,18-20,22-23,25,32H,5-9,12-14,16-17H2,1-4H3,(H,33,34,35)/t19?,23?,25-/m1/s1. The average molecular weight is 562 g/mol. The van der Waals surface area contributed by atoms with Crippen molar-refractivity contribution >= 4 is 35.0 Å². The molecule has 4 aliphatic rings. The highest BCUT2D eigenvalue weighted by Crippen LogP contribution is 2.41. The highest BCUT2D eigenvalue weighted by atomic mass is 16.5. The van der Waals surface area contributed by atoms with Crippen LogP contribution in [0.25, 0.3) is 0 Å². The van der Waals surface area contributed by atoms with Crippen molar-refractivity contribution in [2.75, 3.05) is 49.4 Å². The van der Waals surface area contributed by atoms with E-state index in [9.17, 15) is 9.59 Å². The zero-order valence-electron chi connectivity index (χ0n) is 24.7. The van der Waals surface area contributed by atoms with Crippen LogP contribution in [0.4, 0.5) is 23.1 Å². The number of carbonyl (C=O) groups is 2. The van der Waals surface area contributed by atoms with Crippen LogP contribution in [-0.2, 0) is 4.79 Å². The van der Waals surface area contributed by atoms with E-state index in [4.69, 9.17) is 9.72 Å². The maximum Gasteiger partial charge on any atom is 0.253 e. The van der Waals surface area contributed by atoms with Crippen molar-refractivity contribution < 1.29 is 14.3 Å². The van der Waals surface area contributed by atoms with Gasteiger partial charge in [0.25, 0.3) is 5.91 Å². The molecule has 0 bridgehead atoms. The number of ether oxygens (including phenoxy) is 1. The Labute approximate surface area is 242 Å². The maximum atomic E-state index is 13.3. The minimum Gasteiger partial charge on any atom is -0.495 e. The number of fused-ring (bicyclic) bond motifs is 1. The molecule has 1 atom stereocenters. The van der Waals surface area contributed by atoms with Gasteiger partial charge in [0.2, 0.25) is 11.9 Å². The molecule has 2 saturated carbocycles. The molecule has 3 heterocycles. The molecule has 6 rings (SSSR count). The summed E-state index contributed by atoms with van der Waals surface area (Å²) in [5.41, 5.74) is 2.02. The Morgan fingerprint density at radius 2 is 1.95 bits per heavy atom. The second kappa shape index (κ2) is 11.5. The van der Waals surface area contributed by atoms with E-state index in [0.717, 1.165) is 68.5 Å². The lowest BCUT2D eigenvalue weighted by atomic mass is 9.73. The summed E-state index contributed by atoms with van der Waals surface area (Å²) in [6, 6.07) is 5.86. The molecule has 0 unspecified atom stereocenters. The van der Waals surface area contributed by atoms with Crippen LogP contribution in [0.15, 0.2) is 24.4 Å². The quantitative estimate of drug-likeness (QED) is 0.470. The molecule has 1 saturated heterocycles. The Morgan fingerprint density at radius 1 is 1.20 bits per heavy atom. The van der Waals surface area contributed by atoms with E-state index in [2.05, 4.69) is 27.4 Å². The van der Waals surface area contributed by atoms with Crippen LogP contribution in [0.2, 0.25) is 0 Å². The molecule has 1 aromatic heterocycles. The minimum atomic E-state index is -0.226. The van der Waals surface area contributed by atoms with Crippen LogP contribution < -0.4 is 25.2 Å². The van der Waals surface area contributed by atoms with Crippen molar-refractivity contribution in [2.24, 2.45) is 11.8 Å². The van der Waals surface area contributed by atoms with Crippen molar-refractivity contribution in [1.82, 2.24) is 20.2 Å². The number of carbonyl (C=O) groups excluding carboxylic acids is 2. The molecule has 3 fully saturated rings. The van der Waals surface area contributed by atoms with E-state index in [1.54, 1.807) is 31.3 Å². The molecular formula is C31H43N7O3. The number of amides is 2. The summed E-state index contributed by atoms with van der Waals surface area (Å²) < 4.78 is 5.69. The molecule has 2 aliphatic heterocycles. The fourth-order valence-electron chi connectivity index (χ4n) is 7.06. The van der Waals surface area contributed by atoms with E-state index >= 15 is 0 Å². The topological polar surface area (TPSA) is 103 Å². The molecule has 2 aliphatic carbocycles. The van der Waals surface area contributed by atoms with Gasteiger partial charge in [-0.25, -0.2) is 4.98 Å². The molecule has 2 N–H and O–H groups in total. The maximum absolute atomic E-state index is 13.3. The van der Waals surface area contributed by atoms with Crippen LogP contribution in [-0.4, -0.2) is 79.1 Å². The van der Waals surface area contributed by atoms with Gasteiger partial charge in [-0.05, 0) is 81.6 Å². The normalized spacial score (nSPS) is 24.5. The van der Waals surface area contributed by atoms with Gasteiger partial charge in [0, 0.05) is 31.7 Å². The third-order valence-electron chi connectivity index (χ3n) is 9.72. The van der Waals surface area contributed by atoms with Crippen molar-refractivity contribution in [3.05, 3.63) is 30.0 Å². The fourth-order valence-corrected chi connectivity index (χ4v) is 7.06. The van der Waals surface area contributed by atoms with E-state index in [1.807, 2.05) is 24.1 Å². The first kappa shape index (κ1) is 27.8. The van der Waals surface area contributed by atoms with Gasteiger partial charge < -0.3 is 30.1 Å². The van der Waals surface area contributed by atoms with Gasteiger partial charge in [0.15, 0.2) is 5.82 Å². The van der Waals surface area contributed by atoms with Gasteiger partial charge in [0.1, 0.15) is 17.5 Å². The molecule has 1 aromatic carbocycles. The zero-order chi connectivity index (χ0) is 28.7. The zero-order valence-corrected chi connectivity index (χ0v) is 24.7. The lowest BCUT2D eigenvalue weighted by Gasteiger charge is -2.44. The van der Waals surface area contributed by atoms with Crippen LogP contribution >= 0.6 is 0 Å². The number of benzene rings is 1. The van der Waals surface area contributed by atoms with Crippen LogP contribution in [0.1, 0.15) is 68.6 Å². The van der Waals surface area contributed by atoms with E-state index in [-0.39, 0.29) is 17.9 Å². The second-order valence-corrected chi connectivity index (χ2v) is 12.3. The van der Waals surface area contributed by atoms with Crippen LogP contribution in [0.5, 0.6) is 5.75 Å². The van der Waals surface area contributed by atoms with Gasteiger partial charge >= 0.3 is 0 Å². The van der Waals surface area contributed by atoms with E-state index in [1.165, 1.54) is 19.3 Å². The molecule has 0 radical (unpaired) electrons. The predicted molar refractivity (Wildman–Crippen MR) is 160 cm³/mol. The van der Waals surface area contributed by atoms with E-state index < -0.39 is 0 Å². The number of nitrogens with zero attached hydrogens (tertiary/aromatic N) is 5. The Morgan fingerprint density at radius 3 is 2.61 bits per heavy atom. The molecular weight excluding hydrogens is 518 g/mol. The molecule has 10 nitrogen and oxygen atoms in total. The summed E-state index contributed by atoms with van der Waals surface area (Å²) in [6.45, 7) is 4.34. The molecule has 220 valence electrons. The van der Waals surface area contributed by atoms with Crippen molar-refractivity contribution in [2.45, 2.75) is 76.4 Å². The number of hydrogen-bond donors (Lipinski definition) is 2. The number of hydrogen-bond acceptors (Lipinski definition) is 8. The molecule has 0 spiro atoms. The van der Waals surface area contributed by atoms with Crippen molar-refractivity contribution in [3.8, 4) is 5.75 Å². The highest BCUT2D eigenvalue weighted by Gasteiger charge is 2.41. The van der Waals surface area contributed by atoms with Gasteiger partial charge in [0.05, 0.1) is 19.0 Å². The van der Waals surface area contributed by atoms with Crippen LogP contribution in [0.3, 0.4) is 0 Å². The Kier molecular flexibility index (Phi) is 7.76. The average Bonchev–Trinajstić information content (AvgIpc) is 3.47. The van der Waals surface area contributed by atoms with Crippen molar-refractivity contribution in [3.63, 3.8) is 0 Å². The first-order valence-electron chi connectivity index (χ1n) is 15.2. The molecule has 2 aromatic rings.